The highest BCUT2D eigenvalue weighted by Crippen LogP contribution is 2.47. The Kier molecular flexibility index (Phi) is 4.36. The van der Waals surface area contributed by atoms with Crippen LogP contribution in [0.3, 0.4) is 0 Å². The second-order valence-corrected chi connectivity index (χ2v) is 5.93. The first-order chi connectivity index (χ1) is 7.42. The summed E-state index contributed by atoms with van der Waals surface area (Å²) in [4.78, 5) is 11.4. The van der Waals surface area contributed by atoms with Crippen molar-refractivity contribution in [2.24, 2.45) is 10.8 Å². The molecule has 0 radical (unpaired) electrons. The molecule has 0 atom stereocenters. The third-order valence-corrected chi connectivity index (χ3v) is 4.08. The van der Waals surface area contributed by atoms with Crippen molar-refractivity contribution >= 4 is 5.97 Å². The molecule has 0 aromatic carbocycles. The van der Waals surface area contributed by atoms with Gasteiger partial charge in [0.25, 0.3) is 0 Å². The first-order valence-corrected chi connectivity index (χ1v) is 6.26. The lowest BCUT2D eigenvalue weighted by molar-refractivity contribution is -0.153. The van der Waals surface area contributed by atoms with E-state index >= 15 is 0 Å². The Bertz CT molecular complexity index is 236. The molecule has 0 heterocycles. The number of carboxylic acids is 1. The Morgan fingerprint density at radius 2 is 1.69 bits per heavy atom. The summed E-state index contributed by atoms with van der Waals surface area (Å²) in [6.45, 7) is 4.60. The molecule has 3 nitrogen and oxygen atoms in total. The predicted molar refractivity (Wildman–Crippen MR) is 63.3 cm³/mol. The average molecular weight is 228 g/mol. The molecular weight excluding hydrogens is 204 g/mol. The van der Waals surface area contributed by atoms with Gasteiger partial charge in [-0.2, -0.15) is 0 Å². The van der Waals surface area contributed by atoms with Crippen molar-refractivity contribution in [1.29, 1.82) is 0 Å². The quantitative estimate of drug-likeness (QED) is 0.711. The number of unbranched alkanes of at least 4 members (excludes halogenated alkanes) is 1. The van der Waals surface area contributed by atoms with Crippen LogP contribution in [0.15, 0.2) is 0 Å². The van der Waals surface area contributed by atoms with Gasteiger partial charge in [-0.1, -0.05) is 20.3 Å². The first kappa shape index (κ1) is 13.5. The molecule has 94 valence electrons. The van der Waals surface area contributed by atoms with Crippen LogP contribution in [0.2, 0.25) is 0 Å². The Labute approximate surface area is 97.9 Å². The van der Waals surface area contributed by atoms with Gasteiger partial charge in [0.1, 0.15) is 0 Å². The van der Waals surface area contributed by atoms with Crippen LogP contribution in [0, 0.1) is 10.8 Å². The molecule has 3 heteroatoms. The van der Waals surface area contributed by atoms with Crippen LogP contribution in [-0.4, -0.2) is 22.8 Å². The zero-order valence-electron chi connectivity index (χ0n) is 10.5. The third-order valence-electron chi connectivity index (χ3n) is 4.08. The maximum absolute atomic E-state index is 11.4. The van der Waals surface area contributed by atoms with E-state index in [1.807, 2.05) is 0 Å². The maximum Gasteiger partial charge on any atom is 0.309 e. The number of carboxylic acid groups (broad SMARTS) is 1. The third kappa shape index (κ3) is 3.21. The van der Waals surface area contributed by atoms with E-state index in [9.17, 15) is 9.90 Å². The molecule has 0 saturated heterocycles. The largest absolute Gasteiger partial charge is 0.481 e. The number of aliphatic hydroxyl groups is 1. The van der Waals surface area contributed by atoms with Crippen LogP contribution < -0.4 is 0 Å². The van der Waals surface area contributed by atoms with Gasteiger partial charge in [-0.15, -0.1) is 0 Å². The molecular formula is C13H24O3. The summed E-state index contributed by atoms with van der Waals surface area (Å²) in [5.41, 5.74) is -0.208. The fourth-order valence-electron chi connectivity index (χ4n) is 2.55. The molecule has 0 aromatic heterocycles. The van der Waals surface area contributed by atoms with Gasteiger partial charge < -0.3 is 10.2 Å². The lowest BCUT2D eigenvalue weighted by Crippen LogP contribution is -2.37. The lowest BCUT2D eigenvalue weighted by atomic mass is 9.63. The zero-order valence-corrected chi connectivity index (χ0v) is 10.5. The predicted octanol–water partition coefficient (Wildman–Crippen LogP) is 2.82. The van der Waals surface area contributed by atoms with Crippen LogP contribution >= 0.6 is 0 Å². The SMILES string of the molecule is CC1(C)CCC(CCCCO)(C(=O)O)CC1. The highest BCUT2D eigenvalue weighted by Gasteiger charge is 2.43. The molecule has 0 aromatic rings. The van der Waals surface area contributed by atoms with E-state index < -0.39 is 11.4 Å². The molecule has 16 heavy (non-hydrogen) atoms. The van der Waals surface area contributed by atoms with Crippen molar-refractivity contribution in [1.82, 2.24) is 0 Å². The van der Waals surface area contributed by atoms with Crippen molar-refractivity contribution in [3.63, 3.8) is 0 Å². The van der Waals surface area contributed by atoms with Crippen LogP contribution in [-0.2, 0) is 4.79 Å². The van der Waals surface area contributed by atoms with E-state index in [1.54, 1.807) is 0 Å². The minimum absolute atomic E-state index is 0.168. The molecule has 0 spiro atoms. The molecule has 0 unspecified atom stereocenters. The molecule has 1 saturated carbocycles. The maximum atomic E-state index is 11.4. The lowest BCUT2D eigenvalue weighted by Gasteiger charge is -2.41. The van der Waals surface area contributed by atoms with E-state index in [0.717, 1.165) is 44.9 Å². The van der Waals surface area contributed by atoms with Crippen molar-refractivity contribution < 1.29 is 15.0 Å². The Morgan fingerprint density at radius 1 is 1.12 bits per heavy atom. The summed E-state index contributed by atoms with van der Waals surface area (Å²) < 4.78 is 0. The van der Waals surface area contributed by atoms with E-state index in [1.165, 1.54) is 0 Å². The summed E-state index contributed by atoms with van der Waals surface area (Å²) in [6, 6.07) is 0. The van der Waals surface area contributed by atoms with Crippen LogP contribution in [0.4, 0.5) is 0 Å². The molecule has 0 amide bonds. The second kappa shape index (κ2) is 5.17. The molecule has 1 rings (SSSR count). The molecule has 0 aliphatic heterocycles. The summed E-state index contributed by atoms with van der Waals surface area (Å²) in [6.07, 6.45) is 5.85. The molecule has 1 fully saturated rings. The summed E-state index contributed by atoms with van der Waals surface area (Å²) in [5, 5.41) is 18.1. The van der Waals surface area contributed by atoms with Gasteiger partial charge in [0.15, 0.2) is 0 Å². The summed E-state index contributed by atoms with van der Waals surface area (Å²) in [5.74, 6) is -0.638. The van der Waals surface area contributed by atoms with E-state index in [0.29, 0.717) is 5.41 Å². The van der Waals surface area contributed by atoms with Gasteiger partial charge in [-0.25, -0.2) is 0 Å². The normalized spacial score (nSPS) is 22.9. The van der Waals surface area contributed by atoms with Gasteiger partial charge in [0, 0.05) is 6.61 Å². The molecule has 1 aliphatic carbocycles. The fourth-order valence-corrected chi connectivity index (χ4v) is 2.55. The molecule has 1 aliphatic rings. The Hall–Kier alpha value is -0.570. The standard InChI is InChI=1S/C13H24O3/c1-12(2)6-8-13(9-7-12,11(15)16)5-3-4-10-14/h14H,3-10H2,1-2H3,(H,15,16). The zero-order chi connectivity index (χ0) is 12.2. The topological polar surface area (TPSA) is 57.5 Å². The minimum Gasteiger partial charge on any atom is -0.481 e. The number of rotatable bonds is 5. The monoisotopic (exact) mass is 228 g/mol. The van der Waals surface area contributed by atoms with Crippen molar-refractivity contribution in [2.45, 2.75) is 58.8 Å². The van der Waals surface area contributed by atoms with Crippen molar-refractivity contribution in [3.8, 4) is 0 Å². The van der Waals surface area contributed by atoms with Gasteiger partial charge in [-0.05, 0) is 43.9 Å². The minimum atomic E-state index is -0.638. The highest BCUT2D eigenvalue weighted by atomic mass is 16.4. The van der Waals surface area contributed by atoms with E-state index in [4.69, 9.17) is 5.11 Å². The molecule has 2 N–H and O–H groups in total. The number of carbonyl (C=O) groups is 1. The van der Waals surface area contributed by atoms with Crippen LogP contribution in [0.1, 0.15) is 58.8 Å². The van der Waals surface area contributed by atoms with Crippen molar-refractivity contribution in [3.05, 3.63) is 0 Å². The van der Waals surface area contributed by atoms with Gasteiger partial charge in [-0.3, -0.25) is 4.79 Å². The van der Waals surface area contributed by atoms with E-state index in [-0.39, 0.29) is 6.61 Å². The highest BCUT2D eigenvalue weighted by molar-refractivity contribution is 5.74. The number of aliphatic carboxylic acids is 1. The van der Waals surface area contributed by atoms with Gasteiger partial charge in [0.05, 0.1) is 5.41 Å². The fraction of sp³-hybridized carbons (Fsp3) is 0.923. The second-order valence-electron chi connectivity index (χ2n) is 5.93. The van der Waals surface area contributed by atoms with Gasteiger partial charge in [0.2, 0.25) is 0 Å². The number of hydrogen-bond donors (Lipinski definition) is 2. The number of hydrogen-bond acceptors (Lipinski definition) is 2. The average Bonchev–Trinajstić information content (AvgIpc) is 2.21. The summed E-state index contributed by atoms with van der Waals surface area (Å²) >= 11 is 0. The van der Waals surface area contributed by atoms with Gasteiger partial charge >= 0.3 is 5.97 Å². The smallest absolute Gasteiger partial charge is 0.309 e. The van der Waals surface area contributed by atoms with E-state index in [2.05, 4.69) is 13.8 Å². The first-order valence-electron chi connectivity index (χ1n) is 6.26. The van der Waals surface area contributed by atoms with Crippen LogP contribution in [0.5, 0.6) is 0 Å². The molecule has 0 bridgehead atoms. The summed E-state index contributed by atoms with van der Waals surface area (Å²) in [7, 11) is 0. The Balaban J connectivity index is 2.58. The Morgan fingerprint density at radius 3 is 2.12 bits per heavy atom. The van der Waals surface area contributed by atoms with Crippen LogP contribution in [0.25, 0.3) is 0 Å². The number of aliphatic hydroxyl groups excluding tert-OH is 1. The van der Waals surface area contributed by atoms with Crippen molar-refractivity contribution in [2.75, 3.05) is 6.61 Å².